The van der Waals surface area contributed by atoms with Crippen molar-refractivity contribution in [1.29, 1.82) is 0 Å². The molecule has 0 saturated carbocycles. The topological polar surface area (TPSA) is 38.3 Å². The fraction of sp³-hybridized carbons (Fsp3) is 0.350. The summed E-state index contributed by atoms with van der Waals surface area (Å²) in [5, 5.41) is 3.64. The Hall–Kier alpha value is -2.00. The zero-order valence-electron chi connectivity index (χ0n) is 14.6. The van der Waals surface area contributed by atoms with Crippen molar-refractivity contribution in [2.75, 3.05) is 5.32 Å². The predicted molar refractivity (Wildman–Crippen MR) is 100 cm³/mol. The van der Waals surface area contributed by atoms with Crippen LogP contribution in [-0.4, -0.2) is 12.0 Å². The van der Waals surface area contributed by atoms with Gasteiger partial charge in [-0.25, -0.2) is 0 Å². The van der Waals surface area contributed by atoms with Crippen molar-refractivity contribution in [3.63, 3.8) is 0 Å². The molecule has 0 heterocycles. The summed E-state index contributed by atoms with van der Waals surface area (Å²) < 4.78 is 5.82. The molecular weight excluding hydrogens is 322 g/mol. The molecule has 2 aromatic rings. The summed E-state index contributed by atoms with van der Waals surface area (Å²) in [6.07, 6.45) is 0.00409. The molecule has 0 spiro atoms. The summed E-state index contributed by atoms with van der Waals surface area (Å²) in [4.78, 5) is 12.7. The monoisotopic (exact) mass is 345 g/mol. The SMILES string of the molecule is CCC(Oc1cccc(Cl)c1)C(=O)Nc1c(C)cccc1C(C)C. The maximum atomic E-state index is 12.7. The Bertz CT molecular complexity index is 713. The lowest BCUT2D eigenvalue weighted by Crippen LogP contribution is -2.33. The molecular formula is C20H24ClNO2. The molecule has 24 heavy (non-hydrogen) atoms. The molecule has 0 aliphatic heterocycles. The van der Waals surface area contributed by atoms with Crippen LogP contribution in [0.3, 0.4) is 0 Å². The van der Waals surface area contributed by atoms with Gasteiger partial charge in [-0.2, -0.15) is 0 Å². The Morgan fingerprint density at radius 1 is 1.21 bits per heavy atom. The lowest BCUT2D eigenvalue weighted by Gasteiger charge is -2.21. The van der Waals surface area contributed by atoms with Crippen LogP contribution in [0.15, 0.2) is 42.5 Å². The Kier molecular flexibility index (Phi) is 6.27. The van der Waals surface area contributed by atoms with Crippen LogP contribution in [0.25, 0.3) is 0 Å². The van der Waals surface area contributed by atoms with Gasteiger partial charge in [-0.05, 0) is 48.6 Å². The zero-order valence-corrected chi connectivity index (χ0v) is 15.4. The molecule has 0 bridgehead atoms. The van der Waals surface area contributed by atoms with E-state index in [0.29, 0.717) is 23.1 Å². The van der Waals surface area contributed by atoms with E-state index < -0.39 is 6.10 Å². The number of rotatable bonds is 6. The molecule has 1 unspecified atom stereocenters. The van der Waals surface area contributed by atoms with Crippen LogP contribution in [0, 0.1) is 6.92 Å². The van der Waals surface area contributed by atoms with Crippen LogP contribution in [0.1, 0.15) is 44.2 Å². The molecule has 0 fully saturated rings. The summed E-state index contributed by atoms with van der Waals surface area (Å²) in [6.45, 7) is 8.16. The van der Waals surface area contributed by atoms with Gasteiger partial charge in [0.25, 0.3) is 5.91 Å². The van der Waals surface area contributed by atoms with E-state index in [4.69, 9.17) is 16.3 Å². The van der Waals surface area contributed by atoms with Gasteiger partial charge in [0, 0.05) is 10.7 Å². The third kappa shape index (κ3) is 4.51. The number of aryl methyl sites for hydroxylation is 1. The van der Waals surface area contributed by atoms with Crippen molar-refractivity contribution in [1.82, 2.24) is 0 Å². The summed E-state index contributed by atoms with van der Waals surface area (Å²) in [5.41, 5.74) is 3.05. The average molecular weight is 346 g/mol. The first-order valence-corrected chi connectivity index (χ1v) is 8.62. The van der Waals surface area contributed by atoms with Crippen LogP contribution in [-0.2, 0) is 4.79 Å². The van der Waals surface area contributed by atoms with Crippen LogP contribution >= 0.6 is 11.6 Å². The van der Waals surface area contributed by atoms with Crippen molar-refractivity contribution < 1.29 is 9.53 Å². The molecule has 0 saturated heterocycles. The maximum absolute atomic E-state index is 12.7. The van der Waals surface area contributed by atoms with Gasteiger partial charge in [0.1, 0.15) is 5.75 Å². The second-order valence-corrected chi connectivity index (χ2v) is 6.59. The van der Waals surface area contributed by atoms with E-state index in [1.165, 1.54) is 0 Å². The minimum Gasteiger partial charge on any atom is -0.481 e. The summed E-state index contributed by atoms with van der Waals surface area (Å²) >= 11 is 5.98. The van der Waals surface area contributed by atoms with Crippen molar-refractivity contribution >= 4 is 23.2 Å². The van der Waals surface area contributed by atoms with Gasteiger partial charge in [-0.15, -0.1) is 0 Å². The molecule has 0 aliphatic carbocycles. The fourth-order valence-electron chi connectivity index (χ4n) is 2.57. The van der Waals surface area contributed by atoms with Gasteiger partial charge in [0.05, 0.1) is 0 Å². The molecule has 0 radical (unpaired) electrons. The highest BCUT2D eigenvalue weighted by Crippen LogP contribution is 2.28. The Balaban J connectivity index is 2.18. The van der Waals surface area contributed by atoms with Crippen molar-refractivity contribution in [3.8, 4) is 5.75 Å². The Morgan fingerprint density at radius 2 is 1.92 bits per heavy atom. The highest BCUT2D eigenvalue weighted by molar-refractivity contribution is 6.30. The number of carbonyl (C=O) groups is 1. The molecule has 0 aliphatic rings. The largest absolute Gasteiger partial charge is 0.481 e. The van der Waals surface area contributed by atoms with Gasteiger partial charge in [-0.3, -0.25) is 4.79 Å². The van der Waals surface area contributed by atoms with E-state index in [2.05, 4.69) is 19.2 Å². The predicted octanol–water partition coefficient (Wildman–Crippen LogP) is 5.57. The normalized spacial score (nSPS) is 12.1. The van der Waals surface area contributed by atoms with Gasteiger partial charge in [0.15, 0.2) is 6.10 Å². The lowest BCUT2D eigenvalue weighted by atomic mass is 9.98. The summed E-state index contributed by atoms with van der Waals surface area (Å²) in [7, 11) is 0. The molecule has 4 heteroatoms. The van der Waals surface area contributed by atoms with Crippen LogP contribution in [0.5, 0.6) is 5.75 Å². The Labute approximate surface area is 149 Å². The van der Waals surface area contributed by atoms with Crippen LogP contribution in [0.2, 0.25) is 5.02 Å². The first-order chi connectivity index (χ1) is 11.4. The highest BCUT2D eigenvalue weighted by Gasteiger charge is 2.21. The molecule has 1 atom stereocenters. The summed E-state index contributed by atoms with van der Waals surface area (Å²) in [6, 6.07) is 13.2. The van der Waals surface area contributed by atoms with E-state index in [0.717, 1.165) is 16.8 Å². The number of nitrogens with one attached hydrogen (secondary N) is 1. The van der Waals surface area contributed by atoms with Gasteiger partial charge in [0.2, 0.25) is 0 Å². The smallest absolute Gasteiger partial charge is 0.265 e. The number of para-hydroxylation sites is 1. The second kappa shape index (κ2) is 8.20. The van der Waals surface area contributed by atoms with Crippen LogP contribution < -0.4 is 10.1 Å². The van der Waals surface area contributed by atoms with Crippen molar-refractivity contribution in [2.45, 2.75) is 46.1 Å². The number of amides is 1. The molecule has 128 valence electrons. The third-order valence-corrected chi connectivity index (χ3v) is 4.15. The number of anilines is 1. The van der Waals surface area contributed by atoms with Crippen molar-refractivity contribution in [3.05, 3.63) is 58.6 Å². The number of benzene rings is 2. The lowest BCUT2D eigenvalue weighted by molar-refractivity contribution is -0.122. The number of hydrogen-bond acceptors (Lipinski definition) is 2. The molecule has 3 nitrogen and oxygen atoms in total. The number of hydrogen-bond donors (Lipinski definition) is 1. The quantitative estimate of drug-likeness (QED) is 0.743. The molecule has 2 rings (SSSR count). The van der Waals surface area contributed by atoms with E-state index in [1.54, 1.807) is 24.3 Å². The number of carbonyl (C=O) groups excluding carboxylic acids is 1. The number of halogens is 1. The van der Waals surface area contributed by atoms with Gasteiger partial charge < -0.3 is 10.1 Å². The minimum absolute atomic E-state index is 0.145. The van der Waals surface area contributed by atoms with E-state index in [9.17, 15) is 4.79 Å². The number of ether oxygens (including phenoxy) is 1. The van der Waals surface area contributed by atoms with E-state index in [1.807, 2.05) is 32.0 Å². The van der Waals surface area contributed by atoms with Gasteiger partial charge >= 0.3 is 0 Å². The molecule has 1 amide bonds. The summed E-state index contributed by atoms with van der Waals surface area (Å²) in [5.74, 6) is 0.779. The van der Waals surface area contributed by atoms with Gasteiger partial charge in [-0.1, -0.05) is 56.6 Å². The molecule has 1 N–H and O–H groups in total. The van der Waals surface area contributed by atoms with Crippen LogP contribution in [0.4, 0.5) is 5.69 Å². The second-order valence-electron chi connectivity index (χ2n) is 6.16. The first-order valence-electron chi connectivity index (χ1n) is 8.25. The molecule has 0 aromatic heterocycles. The molecule has 2 aromatic carbocycles. The van der Waals surface area contributed by atoms with E-state index >= 15 is 0 Å². The van der Waals surface area contributed by atoms with E-state index in [-0.39, 0.29) is 5.91 Å². The standard InChI is InChI=1S/C20H24ClNO2/c1-5-18(24-16-10-7-9-15(21)12-16)20(23)22-19-14(4)8-6-11-17(19)13(2)3/h6-13,18H,5H2,1-4H3,(H,22,23). The highest BCUT2D eigenvalue weighted by atomic mass is 35.5. The first kappa shape index (κ1) is 18.3. The average Bonchev–Trinajstić information content (AvgIpc) is 2.54. The Morgan fingerprint density at radius 3 is 2.54 bits per heavy atom. The minimum atomic E-state index is -0.567. The maximum Gasteiger partial charge on any atom is 0.265 e. The fourth-order valence-corrected chi connectivity index (χ4v) is 2.75. The van der Waals surface area contributed by atoms with Crippen molar-refractivity contribution in [2.24, 2.45) is 0 Å². The third-order valence-electron chi connectivity index (χ3n) is 3.91. The zero-order chi connectivity index (χ0) is 17.7.